The fourth-order valence-electron chi connectivity index (χ4n) is 3.09. The van der Waals surface area contributed by atoms with E-state index in [0.717, 1.165) is 12.5 Å². The van der Waals surface area contributed by atoms with Crippen molar-refractivity contribution in [2.45, 2.75) is 33.1 Å². The van der Waals surface area contributed by atoms with Gasteiger partial charge in [0.15, 0.2) is 0 Å². The highest BCUT2D eigenvalue weighted by atomic mass is 19.1. The molecular formula is C19H25F2N3O3. The number of hydrogen-bond acceptors (Lipinski definition) is 3. The van der Waals surface area contributed by atoms with Gasteiger partial charge in [-0.1, -0.05) is 13.8 Å². The van der Waals surface area contributed by atoms with Crippen LogP contribution < -0.4 is 10.2 Å². The number of hydrogen-bond donors (Lipinski definition) is 1. The molecule has 1 aromatic carbocycles. The van der Waals surface area contributed by atoms with Gasteiger partial charge in [-0.05, 0) is 25.0 Å². The van der Waals surface area contributed by atoms with E-state index in [1.54, 1.807) is 0 Å². The Morgan fingerprint density at radius 3 is 2.63 bits per heavy atom. The SMILES string of the molecule is CCCNC(=O)CN(CCC)C(=O)C1CC(=O)N(c2ccc(F)cc2F)C1. The van der Waals surface area contributed by atoms with Crippen LogP contribution in [0.15, 0.2) is 18.2 Å². The Hall–Kier alpha value is -2.51. The number of carbonyl (C=O) groups excluding carboxylic acids is 3. The lowest BCUT2D eigenvalue weighted by atomic mass is 10.1. The van der Waals surface area contributed by atoms with E-state index in [4.69, 9.17) is 0 Å². The van der Waals surface area contributed by atoms with Crippen LogP contribution in [-0.2, 0) is 14.4 Å². The molecule has 1 unspecified atom stereocenters. The van der Waals surface area contributed by atoms with Gasteiger partial charge < -0.3 is 15.1 Å². The highest BCUT2D eigenvalue weighted by Crippen LogP contribution is 2.28. The average molecular weight is 381 g/mol. The van der Waals surface area contributed by atoms with Gasteiger partial charge in [-0.3, -0.25) is 14.4 Å². The zero-order valence-corrected chi connectivity index (χ0v) is 15.6. The minimum Gasteiger partial charge on any atom is -0.355 e. The summed E-state index contributed by atoms with van der Waals surface area (Å²) in [5.41, 5.74) is -0.0422. The molecule has 1 aromatic rings. The number of halogens is 2. The number of amides is 3. The molecule has 0 aliphatic carbocycles. The van der Waals surface area contributed by atoms with E-state index in [1.807, 2.05) is 13.8 Å². The molecule has 1 fully saturated rings. The van der Waals surface area contributed by atoms with E-state index in [-0.39, 0.29) is 37.0 Å². The first-order valence-electron chi connectivity index (χ1n) is 9.18. The molecule has 3 amide bonds. The monoisotopic (exact) mass is 381 g/mol. The quantitative estimate of drug-likeness (QED) is 0.750. The van der Waals surface area contributed by atoms with Crippen LogP contribution in [0.25, 0.3) is 0 Å². The number of rotatable bonds is 8. The van der Waals surface area contributed by atoms with E-state index < -0.39 is 23.5 Å². The minimum atomic E-state index is -0.846. The van der Waals surface area contributed by atoms with Gasteiger partial charge in [0.25, 0.3) is 0 Å². The smallest absolute Gasteiger partial charge is 0.239 e. The summed E-state index contributed by atoms with van der Waals surface area (Å²) in [6.45, 7) is 4.70. The molecule has 1 aliphatic rings. The van der Waals surface area contributed by atoms with Crippen molar-refractivity contribution in [1.29, 1.82) is 0 Å². The predicted octanol–water partition coefficient (Wildman–Crippen LogP) is 2.08. The fraction of sp³-hybridized carbons (Fsp3) is 0.526. The van der Waals surface area contributed by atoms with Gasteiger partial charge in [0.05, 0.1) is 18.2 Å². The second kappa shape index (κ2) is 9.43. The highest BCUT2D eigenvalue weighted by Gasteiger charge is 2.38. The molecule has 148 valence electrons. The van der Waals surface area contributed by atoms with Crippen molar-refractivity contribution in [3.8, 4) is 0 Å². The third-order valence-electron chi connectivity index (χ3n) is 4.39. The number of carbonyl (C=O) groups is 3. The second-order valence-corrected chi connectivity index (χ2v) is 6.61. The largest absolute Gasteiger partial charge is 0.355 e. The predicted molar refractivity (Wildman–Crippen MR) is 97.0 cm³/mol. The van der Waals surface area contributed by atoms with Crippen LogP contribution >= 0.6 is 0 Å². The van der Waals surface area contributed by atoms with E-state index in [0.29, 0.717) is 25.6 Å². The van der Waals surface area contributed by atoms with Crippen molar-refractivity contribution >= 4 is 23.4 Å². The van der Waals surface area contributed by atoms with E-state index >= 15 is 0 Å². The van der Waals surface area contributed by atoms with Gasteiger partial charge in [0.1, 0.15) is 11.6 Å². The molecule has 0 aromatic heterocycles. The summed E-state index contributed by atoms with van der Waals surface area (Å²) in [4.78, 5) is 39.7. The Morgan fingerprint density at radius 1 is 1.26 bits per heavy atom. The molecule has 1 heterocycles. The van der Waals surface area contributed by atoms with E-state index in [2.05, 4.69) is 5.32 Å². The van der Waals surface area contributed by atoms with Gasteiger partial charge in [-0.15, -0.1) is 0 Å². The molecule has 6 nitrogen and oxygen atoms in total. The van der Waals surface area contributed by atoms with Crippen LogP contribution in [0.3, 0.4) is 0 Å². The maximum atomic E-state index is 14.0. The van der Waals surface area contributed by atoms with Crippen LogP contribution in [0.4, 0.5) is 14.5 Å². The number of nitrogens with zero attached hydrogens (tertiary/aromatic N) is 2. The molecule has 0 radical (unpaired) electrons. The van der Waals surface area contributed by atoms with Crippen molar-refractivity contribution in [3.63, 3.8) is 0 Å². The minimum absolute atomic E-state index is 0.0109. The maximum absolute atomic E-state index is 14.0. The zero-order chi connectivity index (χ0) is 20.0. The summed E-state index contributed by atoms with van der Waals surface area (Å²) in [7, 11) is 0. The Labute approximate surface area is 157 Å². The van der Waals surface area contributed by atoms with Crippen LogP contribution in [0, 0.1) is 17.6 Å². The van der Waals surface area contributed by atoms with E-state index in [1.165, 1.54) is 15.9 Å². The summed E-state index contributed by atoms with van der Waals surface area (Å²) in [5, 5.41) is 2.73. The van der Waals surface area contributed by atoms with Gasteiger partial charge >= 0.3 is 0 Å². The van der Waals surface area contributed by atoms with Gasteiger partial charge in [0.2, 0.25) is 17.7 Å². The lowest BCUT2D eigenvalue weighted by Gasteiger charge is -2.25. The first-order valence-corrected chi connectivity index (χ1v) is 9.18. The molecule has 1 saturated heterocycles. The number of nitrogens with one attached hydrogen (secondary N) is 1. The molecule has 0 saturated carbocycles. The Kier molecular flexibility index (Phi) is 7.27. The topological polar surface area (TPSA) is 69.7 Å². The molecular weight excluding hydrogens is 356 g/mol. The molecule has 0 spiro atoms. The standard InChI is InChI=1S/C19H25F2N3O3/c1-3-7-22-17(25)12-23(8-4-2)19(27)13-9-18(26)24(11-13)16-6-5-14(20)10-15(16)21/h5-6,10,13H,3-4,7-9,11-12H2,1-2H3,(H,22,25). The summed E-state index contributed by atoms with van der Waals surface area (Å²) < 4.78 is 27.1. The molecule has 1 N–H and O–H groups in total. The maximum Gasteiger partial charge on any atom is 0.239 e. The van der Waals surface area contributed by atoms with Crippen LogP contribution in [0.1, 0.15) is 33.1 Å². The molecule has 27 heavy (non-hydrogen) atoms. The van der Waals surface area contributed by atoms with Crippen molar-refractivity contribution in [3.05, 3.63) is 29.8 Å². The van der Waals surface area contributed by atoms with Crippen LogP contribution in [0.5, 0.6) is 0 Å². The number of anilines is 1. The molecule has 1 aliphatic heterocycles. The van der Waals surface area contributed by atoms with Crippen molar-refractivity contribution < 1.29 is 23.2 Å². The van der Waals surface area contributed by atoms with Gasteiger partial charge in [-0.2, -0.15) is 0 Å². The Bertz CT molecular complexity index is 711. The van der Waals surface area contributed by atoms with Crippen LogP contribution in [0.2, 0.25) is 0 Å². The van der Waals surface area contributed by atoms with Crippen molar-refractivity contribution in [1.82, 2.24) is 10.2 Å². The highest BCUT2D eigenvalue weighted by molar-refractivity contribution is 6.00. The first-order chi connectivity index (χ1) is 12.9. The van der Waals surface area contributed by atoms with Gasteiger partial charge in [-0.25, -0.2) is 8.78 Å². The summed E-state index contributed by atoms with van der Waals surface area (Å²) in [5.74, 6) is -3.19. The van der Waals surface area contributed by atoms with Crippen LogP contribution in [-0.4, -0.2) is 48.8 Å². The summed E-state index contributed by atoms with van der Waals surface area (Å²) in [6.07, 6.45) is 1.40. The molecule has 8 heteroatoms. The Balaban J connectivity index is 2.08. The lowest BCUT2D eigenvalue weighted by Crippen LogP contribution is -2.44. The first kappa shape index (κ1) is 20.8. The van der Waals surface area contributed by atoms with Crippen molar-refractivity contribution in [2.24, 2.45) is 5.92 Å². The molecule has 1 atom stereocenters. The summed E-state index contributed by atoms with van der Waals surface area (Å²) >= 11 is 0. The Morgan fingerprint density at radius 2 is 2.00 bits per heavy atom. The van der Waals surface area contributed by atoms with Crippen molar-refractivity contribution in [2.75, 3.05) is 31.1 Å². The van der Waals surface area contributed by atoms with E-state index in [9.17, 15) is 23.2 Å². The third-order valence-corrected chi connectivity index (χ3v) is 4.39. The third kappa shape index (κ3) is 5.24. The van der Waals surface area contributed by atoms with Gasteiger partial charge in [0, 0.05) is 32.1 Å². The molecule has 2 rings (SSSR count). The fourth-order valence-corrected chi connectivity index (χ4v) is 3.09. The normalized spacial score (nSPS) is 16.5. The second-order valence-electron chi connectivity index (χ2n) is 6.61. The number of benzene rings is 1. The molecule has 0 bridgehead atoms. The average Bonchev–Trinajstić information content (AvgIpc) is 3.00. The lowest BCUT2D eigenvalue weighted by molar-refractivity contribution is -0.139. The summed E-state index contributed by atoms with van der Waals surface area (Å²) in [6, 6.07) is 2.97. The zero-order valence-electron chi connectivity index (χ0n) is 15.6.